The first-order valence-electron chi connectivity index (χ1n) is 6.36. The fourth-order valence-corrected chi connectivity index (χ4v) is 1.80. The van der Waals surface area contributed by atoms with Gasteiger partial charge in [0.2, 0.25) is 0 Å². The van der Waals surface area contributed by atoms with E-state index in [1.165, 1.54) is 0 Å². The molecule has 0 fully saturated rings. The Balaban J connectivity index is 1.94. The fourth-order valence-electron chi connectivity index (χ4n) is 1.80. The van der Waals surface area contributed by atoms with E-state index in [9.17, 15) is 4.79 Å². The molecule has 1 amide bonds. The van der Waals surface area contributed by atoms with Crippen LogP contribution in [0, 0.1) is 6.92 Å². The Morgan fingerprint density at radius 2 is 1.65 bits per heavy atom. The zero-order valence-electron chi connectivity index (χ0n) is 11.2. The molecule has 0 aromatic heterocycles. The third kappa shape index (κ3) is 3.69. The number of nitrogens with one attached hydrogen (secondary N) is 1. The van der Waals surface area contributed by atoms with E-state index in [-0.39, 0.29) is 5.91 Å². The van der Waals surface area contributed by atoms with Crippen molar-refractivity contribution in [3.63, 3.8) is 0 Å². The van der Waals surface area contributed by atoms with Gasteiger partial charge in [-0.25, -0.2) is 0 Å². The monoisotopic (exact) mass is 269 g/mol. The highest BCUT2D eigenvalue weighted by atomic mass is 16.4. The fraction of sp³-hybridized carbons (Fsp3) is 0.133. The average molecular weight is 269 g/mol. The summed E-state index contributed by atoms with van der Waals surface area (Å²) < 4.78 is 0. The second-order valence-electron chi connectivity index (χ2n) is 4.66. The van der Waals surface area contributed by atoms with Gasteiger partial charge in [0.15, 0.2) is 0 Å². The van der Waals surface area contributed by atoms with Crippen LogP contribution in [0.2, 0.25) is 0 Å². The summed E-state index contributed by atoms with van der Waals surface area (Å²) in [7, 11) is -1.47. The minimum atomic E-state index is -1.47. The molecule has 3 N–H and O–H groups in total. The predicted molar refractivity (Wildman–Crippen MR) is 78.6 cm³/mol. The molecule has 0 aliphatic rings. The highest BCUT2D eigenvalue weighted by Gasteiger charge is 2.10. The molecule has 0 saturated carbocycles. The van der Waals surface area contributed by atoms with Gasteiger partial charge in [0.05, 0.1) is 0 Å². The van der Waals surface area contributed by atoms with Gasteiger partial charge in [-0.1, -0.05) is 42.0 Å². The van der Waals surface area contributed by atoms with E-state index < -0.39 is 7.12 Å². The van der Waals surface area contributed by atoms with Crippen LogP contribution < -0.4 is 10.8 Å². The van der Waals surface area contributed by atoms with Crippen LogP contribution in [0.15, 0.2) is 48.5 Å². The minimum Gasteiger partial charge on any atom is -0.423 e. The van der Waals surface area contributed by atoms with E-state index in [0.29, 0.717) is 17.6 Å². The largest absolute Gasteiger partial charge is 0.488 e. The Hall–Kier alpha value is -2.11. The number of carbonyl (C=O) groups excluding carboxylic acids is 1. The van der Waals surface area contributed by atoms with Crippen molar-refractivity contribution in [2.45, 2.75) is 13.5 Å². The van der Waals surface area contributed by atoms with Gasteiger partial charge in [-0.15, -0.1) is 0 Å². The van der Waals surface area contributed by atoms with Crippen molar-refractivity contribution in [2.75, 3.05) is 0 Å². The molecule has 0 radical (unpaired) electrons. The molecular weight excluding hydrogens is 253 g/mol. The van der Waals surface area contributed by atoms with Crippen LogP contribution in [0.25, 0.3) is 0 Å². The van der Waals surface area contributed by atoms with E-state index >= 15 is 0 Å². The summed E-state index contributed by atoms with van der Waals surface area (Å²) in [6.07, 6.45) is 0. The quantitative estimate of drug-likeness (QED) is 0.712. The van der Waals surface area contributed by atoms with Crippen molar-refractivity contribution in [1.29, 1.82) is 0 Å². The van der Waals surface area contributed by atoms with Gasteiger partial charge in [0.1, 0.15) is 0 Å². The topological polar surface area (TPSA) is 69.6 Å². The summed E-state index contributed by atoms with van der Waals surface area (Å²) in [5, 5.41) is 20.8. The van der Waals surface area contributed by atoms with Gasteiger partial charge in [0.25, 0.3) is 5.91 Å². The summed E-state index contributed by atoms with van der Waals surface area (Å²) in [4.78, 5) is 11.9. The molecule has 0 unspecified atom stereocenters. The number of benzene rings is 2. The van der Waals surface area contributed by atoms with Crippen LogP contribution in [0.3, 0.4) is 0 Å². The Labute approximate surface area is 118 Å². The third-order valence-electron chi connectivity index (χ3n) is 3.04. The van der Waals surface area contributed by atoms with E-state index in [4.69, 9.17) is 10.0 Å². The van der Waals surface area contributed by atoms with Crippen molar-refractivity contribution in [3.8, 4) is 0 Å². The van der Waals surface area contributed by atoms with Gasteiger partial charge < -0.3 is 15.4 Å². The maximum atomic E-state index is 11.9. The van der Waals surface area contributed by atoms with Crippen LogP contribution in [-0.4, -0.2) is 23.1 Å². The van der Waals surface area contributed by atoms with Crippen molar-refractivity contribution < 1.29 is 14.8 Å². The summed E-state index contributed by atoms with van der Waals surface area (Å²) in [6, 6.07) is 14.1. The SMILES string of the molecule is Cc1ccc(C(=O)NCc2ccc(B(O)O)cc2)cc1. The van der Waals surface area contributed by atoms with Gasteiger partial charge in [-0.05, 0) is 30.1 Å². The molecule has 2 aromatic rings. The normalized spacial score (nSPS) is 10.2. The molecule has 20 heavy (non-hydrogen) atoms. The molecule has 4 nitrogen and oxygen atoms in total. The van der Waals surface area contributed by atoms with E-state index in [0.717, 1.165) is 11.1 Å². The molecular formula is C15H16BNO3. The lowest BCUT2D eigenvalue weighted by Gasteiger charge is -2.07. The Morgan fingerprint density at radius 1 is 1.05 bits per heavy atom. The number of amides is 1. The molecule has 0 bridgehead atoms. The third-order valence-corrected chi connectivity index (χ3v) is 3.04. The van der Waals surface area contributed by atoms with Crippen LogP contribution in [0.1, 0.15) is 21.5 Å². The maximum absolute atomic E-state index is 11.9. The Bertz CT molecular complexity index is 579. The second-order valence-corrected chi connectivity index (χ2v) is 4.66. The lowest BCUT2D eigenvalue weighted by molar-refractivity contribution is 0.0951. The standard InChI is InChI=1S/C15H16BNO3/c1-11-2-6-13(7-3-11)15(18)17-10-12-4-8-14(9-5-12)16(19)20/h2-9,19-20H,10H2,1H3,(H,17,18). The molecule has 0 aliphatic carbocycles. The number of hydrogen-bond donors (Lipinski definition) is 3. The van der Waals surface area contributed by atoms with Gasteiger partial charge >= 0.3 is 7.12 Å². The maximum Gasteiger partial charge on any atom is 0.488 e. The second kappa shape index (κ2) is 6.37. The van der Waals surface area contributed by atoms with Crippen molar-refractivity contribution in [3.05, 3.63) is 65.2 Å². The van der Waals surface area contributed by atoms with E-state index in [2.05, 4.69) is 5.32 Å². The molecule has 102 valence electrons. The number of carbonyl (C=O) groups is 1. The van der Waals surface area contributed by atoms with Crippen molar-refractivity contribution in [1.82, 2.24) is 5.32 Å². The van der Waals surface area contributed by atoms with E-state index in [1.54, 1.807) is 36.4 Å². The van der Waals surface area contributed by atoms with Gasteiger partial charge in [-0.3, -0.25) is 4.79 Å². The molecule has 5 heteroatoms. The van der Waals surface area contributed by atoms with Crippen LogP contribution in [0.4, 0.5) is 0 Å². The zero-order chi connectivity index (χ0) is 14.5. The number of aryl methyl sites for hydroxylation is 1. The lowest BCUT2D eigenvalue weighted by Crippen LogP contribution is -2.29. The molecule has 0 atom stereocenters. The number of hydrogen-bond acceptors (Lipinski definition) is 3. The molecule has 2 aromatic carbocycles. The summed E-state index contributed by atoms with van der Waals surface area (Å²) in [6.45, 7) is 2.37. The molecule has 0 spiro atoms. The van der Waals surface area contributed by atoms with Crippen molar-refractivity contribution >= 4 is 18.5 Å². The molecule has 0 aliphatic heterocycles. The first-order valence-corrected chi connectivity index (χ1v) is 6.36. The first-order chi connectivity index (χ1) is 9.56. The van der Waals surface area contributed by atoms with Crippen LogP contribution >= 0.6 is 0 Å². The first kappa shape index (κ1) is 14.3. The smallest absolute Gasteiger partial charge is 0.423 e. The Morgan fingerprint density at radius 3 is 2.20 bits per heavy atom. The number of rotatable bonds is 4. The van der Waals surface area contributed by atoms with Gasteiger partial charge in [0, 0.05) is 12.1 Å². The highest BCUT2D eigenvalue weighted by molar-refractivity contribution is 6.58. The molecule has 2 rings (SSSR count). The Kier molecular flexibility index (Phi) is 4.55. The molecule has 0 saturated heterocycles. The van der Waals surface area contributed by atoms with E-state index in [1.807, 2.05) is 19.1 Å². The van der Waals surface area contributed by atoms with Crippen molar-refractivity contribution in [2.24, 2.45) is 0 Å². The summed E-state index contributed by atoms with van der Waals surface area (Å²) in [5.41, 5.74) is 3.06. The lowest BCUT2D eigenvalue weighted by atomic mass is 9.80. The zero-order valence-corrected chi connectivity index (χ0v) is 11.2. The van der Waals surface area contributed by atoms with Crippen LogP contribution in [-0.2, 0) is 6.54 Å². The highest BCUT2D eigenvalue weighted by Crippen LogP contribution is 2.04. The summed E-state index contributed by atoms with van der Waals surface area (Å²) in [5.74, 6) is -0.128. The summed E-state index contributed by atoms with van der Waals surface area (Å²) >= 11 is 0. The molecule has 0 heterocycles. The minimum absolute atomic E-state index is 0.128. The average Bonchev–Trinajstić information content (AvgIpc) is 2.46. The van der Waals surface area contributed by atoms with Gasteiger partial charge in [-0.2, -0.15) is 0 Å². The predicted octanol–water partition coefficient (Wildman–Crippen LogP) is 0.605. The van der Waals surface area contributed by atoms with Crippen LogP contribution in [0.5, 0.6) is 0 Å².